The van der Waals surface area contributed by atoms with Gasteiger partial charge < -0.3 is 10.1 Å². The van der Waals surface area contributed by atoms with Gasteiger partial charge in [0.15, 0.2) is 0 Å². The lowest BCUT2D eigenvalue weighted by molar-refractivity contribution is 0.399. The highest BCUT2D eigenvalue weighted by Gasteiger charge is 2.16. The minimum Gasteiger partial charge on any atom is -0.481 e. The van der Waals surface area contributed by atoms with Crippen molar-refractivity contribution >= 4 is 27.2 Å². The van der Waals surface area contributed by atoms with Gasteiger partial charge in [-0.25, -0.2) is 23.5 Å². The van der Waals surface area contributed by atoms with Gasteiger partial charge in [0, 0.05) is 36.1 Å². The minimum atomic E-state index is -2.55. The average molecular weight is 412 g/mol. The second-order valence-electron chi connectivity index (χ2n) is 6.23. The van der Waals surface area contributed by atoms with Crippen LogP contribution in [0.1, 0.15) is 13.8 Å². The number of aromatic nitrogens is 3. The smallest absolute Gasteiger partial charge is 0.227 e. The molecule has 0 spiro atoms. The maximum absolute atomic E-state index is 13.2. The van der Waals surface area contributed by atoms with Crippen LogP contribution < -0.4 is 10.1 Å². The van der Waals surface area contributed by atoms with Gasteiger partial charge in [0.25, 0.3) is 0 Å². The summed E-state index contributed by atoms with van der Waals surface area (Å²) in [6, 6.07) is 12.9. The van der Waals surface area contributed by atoms with E-state index in [4.69, 9.17) is 4.74 Å². The largest absolute Gasteiger partial charge is 0.481 e. The number of hydrogen-bond acceptors (Lipinski definition) is 6. The van der Waals surface area contributed by atoms with Crippen molar-refractivity contribution in [2.24, 2.45) is 0 Å². The molecule has 2 aromatic heterocycles. The van der Waals surface area contributed by atoms with E-state index in [1.165, 1.54) is 0 Å². The first-order valence-corrected chi connectivity index (χ1v) is 11.0. The van der Waals surface area contributed by atoms with E-state index in [1.807, 2.05) is 54.6 Å². The van der Waals surface area contributed by atoms with E-state index < -0.39 is 9.71 Å². The minimum absolute atomic E-state index is 0.420. The molecule has 0 aliphatic rings. The maximum atomic E-state index is 13.2. The van der Waals surface area contributed by atoms with Crippen molar-refractivity contribution in [1.82, 2.24) is 19.3 Å². The van der Waals surface area contributed by atoms with Crippen molar-refractivity contribution in [2.45, 2.75) is 18.7 Å². The number of ether oxygens (including phenoxy) is 1. The number of nitrogens with zero attached hydrogens (tertiary/aromatic N) is 4. The molecule has 3 rings (SSSR count). The van der Waals surface area contributed by atoms with Crippen LogP contribution in [0.4, 0.5) is 11.6 Å². The van der Waals surface area contributed by atoms with Crippen molar-refractivity contribution in [3.8, 4) is 17.1 Å². The lowest BCUT2D eigenvalue weighted by Gasteiger charge is -2.23. The van der Waals surface area contributed by atoms with Crippen LogP contribution in [0, 0.1) is 0 Å². The summed E-state index contributed by atoms with van der Waals surface area (Å²) in [6.45, 7) is 5.27. The molecular weight excluding hydrogens is 386 g/mol. The molecule has 29 heavy (non-hydrogen) atoms. The summed E-state index contributed by atoms with van der Waals surface area (Å²) in [5.41, 5.74) is 2.20. The first-order chi connectivity index (χ1) is 14.0. The Kier molecular flexibility index (Phi) is 6.46. The number of anilines is 2. The SMILES string of the molecule is C=S(=O)(c1cccc(Nc2nccc(-c3cccnc3OC)n2)c1)N(CC)CC. The lowest BCUT2D eigenvalue weighted by Crippen LogP contribution is -2.30. The third-order valence-corrected chi connectivity index (χ3v) is 6.82. The molecule has 7 nitrogen and oxygen atoms in total. The molecule has 0 amide bonds. The van der Waals surface area contributed by atoms with Crippen molar-refractivity contribution in [3.63, 3.8) is 0 Å². The molecule has 0 bridgehead atoms. The van der Waals surface area contributed by atoms with Gasteiger partial charge in [-0.15, -0.1) is 0 Å². The molecule has 0 saturated heterocycles. The number of hydrogen-bond donors (Lipinski definition) is 1. The zero-order chi connectivity index (χ0) is 20.9. The van der Waals surface area contributed by atoms with Crippen molar-refractivity contribution in [1.29, 1.82) is 0 Å². The van der Waals surface area contributed by atoms with E-state index in [0.29, 0.717) is 35.5 Å². The summed E-state index contributed by atoms with van der Waals surface area (Å²) in [4.78, 5) is 13.7. The number of benzene rings is 1. The molecule has 1 N–H and O–H groups in total. The van der Waals surface area contributed by atoms with Gasteiger partial charge in [-0.3, -0.25) is 0 Å². The van der Waals surface area contributed by atoms with Crippen LogP contribution in [0.3, 0.4) is 0 Å². The molecular formula is C21H25N5O2S. The van der Waals surface area contributed by atoms with E-state index >= 15 is 0 Å². The molecule has 0 fully saturated rings. The van der Waals surface area contributed by atoms with Crippen LogP contribution in [-0.4, -0.2) is 49.5 Å². The third-order valence-electron chi connectivity index (χ3n) is 4.48. The van der Waals surface area contributed by atoms with E-state index in [-0.39, 0.29) is 0 Å². The number of methoxy groups -OCH3 is 1. The van der Waals surface area contributed by atoms with E-state index in [2.05, 4.69) is 26.1 Å². The van der Waals surface area contributed by atoms with E-state index in [1.54, 1.807) is 25.6 Å². The molecule has 0 aliphatic heterocycles. The van der Waals surface area contributed by atoms with Crippen molar-refractivity contribution in [3.05, 3.63) is 54.9 Å². The van der Waals surface area contributed by atoms with Crippen LogP contribution in [0.25, 0.3) is 11.3 Å². The normalized spacial score (nSPS) is 13.1. The Morgan fingerprint density at radius 1 is 1.10 bits per heavy atom. The highest BCUT2D eigenvalue weighted by atomic mass is 32.2. The molecule has 8 heteroatoms. The van der Waals surface area contributed by atoms with Crippen LogP contribution >= 0.6 is 0 Å². The fourth-order valence-corrected chi connectivity index (χ4v) is 4.74. The molecule has 152 valence electrons. The second kappa shape index (κ2) is 9.02. The van der Waals surface area contributed by atoms with E-state index in [9.17, 15) is 4.21 Å². The maximum Gasteiger partial charge on any atom is 0.227 e. The molecule has 3 aromatic rings. The molecule has 0 aliphatic carbocycles. The van der Waals surface area contributed by atoms with Gasteiger partial charge in [0.05, 0.1) is 28.1 Å². The standard InChI is InChI=1S/C21H25N5O2S/c1-5-26(6-2)29(4,27)17-10-7-9-16(15-17)24-21-23-14-12-19(25-21)18-11-8-13-22-20(18)28-3/h7-15H,4-6H2,1-3H3,(H,23,24,25). The van der Waals surface area contributed by atoms with Gasteiger partial charge in [-0.2, -0.15) is 0 Å². The summed E-state index contributed by atoms with van der Waals surface area (Å²) in [6.07, 6.45) is 3.34. The molecule has 1 aromatic carbocycles. The fourth-order valence-electron chi connectivity index (χ4n) is 3.01. The second-order valence-corrected chi connectivity index (χ2v) is 8.50. The van der Waals surface area contributed by atoms with Crippen LogP contribution in [0.5, 0.6) is 5.88 Å². The first kappa shape index (κ1) is 20.8. The zero-order valence-corrected chi connectivity index (χ0v) is 17.6. The molecule has 1 atom stereocenters. The Hall–Kier alpha value is -2.97. The number of rotatable bonds is 8. The molecule has 0 radical (unpaired) electrons. The van der Waals surface area contributed by atoms with Crippen LogP contribution in [0.2, 0.25) is 0 Å². The van der Waals surface area contributed by atoms with Gasteiger partial charge in [0.1, 0.15) is 0 Å². The molecule has 2 heterocycles. The van der Waals surface area contributed by atoms with Gasteiger partial charge in [-0.1, -0.05) is 19.9 Å². The monoisotopic (exact) mass is 411 g/mol. The Labute approximate surface area is 171 Å². The Balaban J connectivity index is 1.90. The molecule has 1 unspecified atom stereocenters. The Morgan fingerprint density at radius 3 is 2.62 bits per heavy atom. The quantitative estimate of drug-likeness (QED) is 0.570. The molecule has 0 saturated carbocycles. The predicted octanol–water partition coefficient (Wildman–Crippen LogP) is 3.62. The van der Waals surface area contributed by atoms with E-state index in [0.717, 1.165) is 11.3 Å². The van der Waals surface area contributed by atoms with Gasteiger partial charge >= 0.3 is 0 Å². The van der Waals surface area contributed by atoms with Crippen molar-refractivity contribution in [2.75, 3.05) is 25.5 Å². The fraction of sp³-hybridized carbons (Fsp3) is 0.238. The highest BCUT2D eigenvalue weighted by Crippen LogP contribution is 2.27. The summed E-state index contributed by atoms with van der Waals surface area (Å²) < 4.78 is 20.4. The lowest BCUT2D eigenvalue weighted by atomic mass is 10.2. The Bertz CT molecular complexity index is 1080. The predicted molar refractivity (Wildman–Crippen MR) is 118 cm³/mol. The first-order valence-electron chi connectivity index (χ1n) is 9.31. The summed E-state index contributed by atoms with van der Waals surface area (Å²) >= 11 is 0. The summed E-state index contributed by atoms with van der Waals surface area (Å²) in [5, 5.41) is 3.18. The number of nitrogens with one attached hydrogen (secondary N) is 1. The topological polar surface area (TPSA) is 80.2 Å². The van der Waals surface area contributed by atoms with Gasteiger partial charge in [0.2, 0.25) is 11.8 Å². The van der Waals surface area contributed by atoms with Crippen LogP contribution in [0.15, 0.2) is 59.8 Å². The Morgan fingerprint density at radius 2 is 1.90 bits per heavy atom. The summed E-state index contributed by atoms with van der Waals surface area (Å²) in [7, 11) is -0.975. The highest BCUT2D eigenvalue weighted by molar-refractivity contribution is 7.98. The van der Waals surface area contributed by atoms with Crippen LogP contribution in [-0.2, 0) is 9.71 Å². The third kappa shape index (κ3) is 4.55. The number of pyridine rings is 1. The van der Waals surface area contributed by atoms with Crippen molar-refractivity contribution < 1.29 is 8.95 Å². The van der Waals surface area contributed by atoms with Gasteiger partial charge in [-0.05, 0) is 42.3 Å². The average Bonchev–Trinajstić information content (AvgIpc) is 2.75. The summed E-state index contributed by atoms with van der Waals surface area (Å²) in [5.74, 6) is 4.89. The zero-order valence-electron chi connectivity index (χ0n) is 16.8.